The molecule has 1 aromatic heterocycles. The Morgan fingerprint density at radius 3 is 2.48 bits per heavy atom. The van der Waals surface area contributed by atoms with Crippen molar-refractivity contribution < 1.29 is 34.7 Å². The highest BCUT2D eigenvalue weighted by Gasteiger charge is 2.44. The van der Waals surface area contributed by atoms with E-state index in [9.17, 15) is 29.9 Å². The van der Waals surface area contributed by atoms with E-state index >= 15 is 0 Å². The quantitative estimate of drug-likeness (QED) is 0.414. The molecule has 0 aliphatic carbocycles. The van der Waals surface area contributed by atoms with Gasteiger partial charge in [0.2, 0.25) is 0 Å². The molecule has 0 unspecified atom stereocenters. The zero-order valence-corrected chi connectivity index (χ0v) is 17.4. The van der Waals surface area contributed by atoms with E-state index in [-0.39, 0.29) is 12.2 Å². The van der Waals surface area contributed by atoms with Crippen LogP contribution in [0.25, 0.3) is 10.9 Å². The van der Waals surface area contributed by atoms with Gasteiger partial charge in [0.05, 0.1) is 17.1 Å². The number of ether oxygens (including phenoxy) is 1. The van der Waals surface area contributed by atoms with Crippen LogP contribution in [0.4, 0.5) is 4.39 Å². The van der Waals surface area contributed by atoms with E-state index in [2.05, 4.69) is 0 Å². The second-order valence-corrected chi connectivity index (χ2v) is 8.23. The van der Waals surface area contributed by atoms with Gasteiger partial charge in [-0.25, -0.2) is 4.39 Å². The summed E-state index contributed by atoms with van der Waals surface area (Å²) in [4.78, 5) is 0. The summed E-state index contributed by atoms with van der Waals surface area (Å²) >= 11 is 6.48. The van der Waals surface area contributed by atoms with E-state index in [0.29, 0.717) is 21.7 Å². The number of aromatic hydroxyl groups is 1. The molecule has 2 heterocycles. The van der Waals surface area contributed by atoms with E-state index in [1.165, 1.54) is 12.1 Å². The topological polar surface area (TPSA) is 115 Å². The summed E-state index contributed by atoms with van der Waals surface area (Å²) in [5, 5.41) is 51.0. The highest BCUT2D eigenvalue weighted by Crippen LogP contribution is 2.38. The molecule has 0 amide bonds. The number of fused-ring (bicyclic) bond motifs is 1. The van der Waals surface area contributed by atoms with Gasteiger partial charge in [-0.3, -0.25) is 0 Å². The highest BCUT2D eigenvalue weighted by molar-refractivity contribution is 6.35. The maximum Gasteiger partial charge on any atom is 0.163 e. The van der Waals surface area contributed by atoms with Crippen molar-refractivity contribution in [1.82, 2.24) is 4.57 Å². The van der Waals surface area contributed by atoms with Crippen molar-refractivity contribution in [3.8, 4) is 5.75 Å². The molecular formula is C22H23ClFNO6. The van der Waals surface area contributed by atoms with Crippen molar-refractivity contribution in [3.05, 3.63) is 64.1 Å². The van der Waals surface area contributed by atoms with Crippen LogP contribution in [0.2, 0.25) is 5.02 Å². The number of nitrogens with zero attached hydrogens (tertiary/aromatic N) is 1. The zero-order chi connectivity index (χ0) is 22.4. The molecule has 0 spiro atoms. The van der Waals surface area contributed by atoms with Crippen LogP contribution in [0.15, 0.2) is 36.5 Å². The molecule has 5 N–H and O–H groups in total. The maximum absolute atomic E-state index is 14.4. The molecule has 9 heteroatoms. The van der Waals surface area contributed by atoms with Gasteiger partial charge in [0.1, 0.15) is 36.0 Å². The van der Waals surface area contributed by atoms with Crippen molar-refractivity contribution in [1.29, 1.82) is 0 Å². The number of phenolic OH excluding ortho intramolecular Hbond substituents is 1. The number of phenols is 1. The number of rotatable bonds is 4. The van der Waals surface area contributed by atoms with Gasteiger partial charge in [-0.1, -0.05) is 23.7 Å². The Bertz CT molecular complexity index is 1120. The van der Waals surface area contributed by atoms with Crippen LogP contribution in [0.5, 0.6) is 5.75 Å². The Labute approximate surface area is 182 Å². The fraction of sp³-hybridized carbons (Fsp3) is 0.364. The minimum absolute atomic E-state index is 0.175. The van der Waals surface area contributed by atoms with Gasteiger partial charge < -0.3 is 34.8 Å². The lowest BCUT2D eigenvalue weighted by atomic mass is 9.98. The van der Waals surface area contributed by atoms with Gasteiger partial charge in [-0.2, -0.15) is 0 Å². The zero-order valence-electron chi connectivity index (χ0n) is 16.6. The largest absolute Gasteiger partial charge is 0.508 e. The summed E-state index contributed by atoms with van der Waals surface area (Å²) in [5.74, 6) is -0.738. The number of hydrogen-bond acceptors (Lipinski definition) is 6. The third kappa shape index (κ3) is 3.80. The standard InChI is InChI=1S/C22H23ClFNO6/c1-10-2-5-14(23)18-17(10)12(6-11-3-4-13(27)7-15(11)24)8-25(18)22-21(30)20(29)19(28)16(9-26)31-22/h2-5,7-8,16,19-22,26-30H,6,9H2,1H3/t16-,19-,20+,21-,22-/m1/s1. The number of aryl methyl sites for hydroxylation is 1. The molecule has 1 fully saturated rings. The van der Waals surface area contributed by atoms with E-state index in [1.54, 1.807) is 16.8 Å². The number of hydrogen-bond donors (Lipinski definition) is 5. The third-order valence-corrected chi connectivity index (χ3v) is 6.08. The first-order chi connectivity index (χ1) is 14.7. The Hall–Kier alpha value is -2.20. The Kier molecular flexibility index (Phi) is 5.95. The lowest BCUT2D eigenvalue weighted by Gasteiger charge is -2.40. The maximum atomic E-state index is 14.4. The molecule has 1 saturated heterocycles. The summed E-state index contributed by atoms with van der Waals surface area (Å²) in [6.45, 7) is 1.31. The van der Waals surface area contributed by atoms with E-state index < -0.39 is 43.1 Å². The van der Waals surface area contributed by atoms with Gasteiger partial charge in [-0.15, -0.1) is 0 Å². The lowest BCUT2D eigenvalue weighted by Crippen LogP contribution is -2.56. The third-order valence-electron chi connectivity index (χ3n) is 5.77. The Morgan fingerprint density at radius 1 is 1.06 bits per heavy atom. The predicted molar refractivity (Wildman–Crippen MR) is 112 cm³/mol. The fourth-order valence-corrected chi connectivity index (χ4v) is 4.41. The minimum Gasteiger partial charge on any atom is -0.508 e. The fourth-order valence-electron chi connectivity index (χ4n) is 4.15. The highest BCUT2D eigenvalue weighted by atomic mass is 35.5. The average molecular weight is 452 g/mol. The molecule has 31 heavy (non-hydrogen) atoms. The number of halogens is 2. The molecule has 3 aromatic rings. The minimum atomic E-state index is -1.55. The molecule has 166 valence electrons. The van der Waals surface area contributed by atoms with Crippen molar-refractivity contribution in [2.75, 3.05) is 6.61 Å². The second kappa shape index (κ2) is 8.38. The molecule has 7 nitrogen and oxygen atoms in total. The molecule has 0 bridgehead atoms. The molecule has 4 rings (SSSR count). The smallest absolute Gasteiger partial charge is 0.163 e. The molecule has 5 atom stereocenters. The monoisotopic (exact) mass is 451 g/mol. The summed E-state index contributed by atoms with van der Waals surface area (Å²) in [6.07, 6.45) is -4.92. The molecule has 0 saturated carbocycles. The first-order valence-electron chi connectivity index (χ1n) is 9.79. The van der Waals surface area contributed by atoms with Gasteiger partial charge in [0.15, 0.2) is 6.23 Å². The predicted octanol–water partition coefficient (Wildman–Crippen LogP) is 2.01. The average Bonchev–Trinajstić information content (AvgIpc) is 3.11. The van der Waals surface area contributed by atoms with Crippen LogP contribution in [-0.4, -0.2) is 61.1 Å². The second-order valence-electron chi connectivity index (χ2n) is 7.82. The van der Waals surface area contributed by atoms with E-state index in [4.69, 9.17) is 16.3 Å². The number of aliphatic hydroxyl groups is 4. The van der Waals surface area contributed by atoms with Crippen molar-refractivity contribution >= 4 is 22.5 Å². The summed E-state index contributed by atoms with van der Waals surface area (Å²) < 4.78 is 21.6. The van der Waals surface area contributed by atoms with Gasteiger partial charge in [0, 0.05) is 24.1 Å². The van der Waals surface area contributed by atoms with Crippen LogP contribution < -0.4 is 0 Å². The van der Waals surface area contributed by atoms with E-state index in [0.717, 1.165) is 17.0 Å². The molecule has 0 radical (unpaired) electrons. The van der Waals surface area contributed by atoms with Gasteiger partial charge >= 0.3 is 0 Å². The van der Waals surface area contributed by atoms with Crippen LogP contribution in [0.3, 0.4) is 0 Å². The number of aromatic nitrogens is 1. The summed E-state index contributed by atoms with van der Waals surface area (Å²) in [5.41, 5.74) is 2.42. The normalized spacial score (nSPS) is 26.5. The van der Waals surface area contributed by atoms with Gasteiger partial charge in [0.25, 0.3) is 0 Å². The molecule has 1 aliphatic heterocycles. The Balaban J connectivity index is 1.86. The van der Waals surface area contributed by atoms with Crippen molar-refractivity contribution in [3.63, 3.8) is 0 Å². The SMILES string of the molecule is Cc1ccc(Cl)c2c1c(Cc1ccc(O)cc1F)cn2[C@@H]1O[C@H](CO)[C@@H](O)[C@H](O)[C@H]1O. The van der Waals surface area contributed by atoms with Crippen molar-refractivity contribution in [2.24, 2.45) is 0 Å². The summed E-state index contributed by atoms with van der Waals surface area (Å²) in [7, 11) is 0. The first kappa shape index (κ1) is 22.0. The van der Waals surface area contributed by atoms with Gasteiger partial charge in [-0.05, 0) is 35.7 Å². The Morgan fingerprint density at radius 2 is 1.81 bits per heavy atom. The van der Waals surface area contributed by atoms with Crippen LogP contribution in [-0.2, 0) is 11.2 Å². The number of benzene rings is 2. The van der Waals surface area contributed by atoms with Crippen LogP contribution in [0.1, 0.15) is 22.9 Å². The number of aliphatic hydroxyl groups excluding tert-OH is 4. The molecule has 1 aliphatic rings. The van der Waals surface area contributed by atoms with E-state index in [1.807, 2.05) is 13.0 Å². The molecular weight excluding hydrogens is 429 g/mol. The van der Waals surface area contributed by atoms with Crippen LogP contribution >= 0.6 is 11.6 Å². The van der Waals surface area contributed by atoms with Crippen LogP contribution in [0, 0.1) is 12.7 Å². The summed E-state index contributed by atoms with van der Waals surface area (Å²) in [6, 6.07) is 7.42. The first-order valence-corrected chi connectivity index (χ1v) is 10.2. The van der Waals surface area contributed by atoms with Crippen molar-refractivity contribution in [2.45, 2.75) is 44.0 Å². The lowest BCUT2D eigenvalue weighted by molar-refractivity contribution is -0.250. The molecule has 2 aromatic carbocycles.